The molecule has 0 fully saturated rings. The molecule has 1 heterocycles. The van der Waals surface area contributed by atoms with Crippen LogP contribution in [0.15, 0.2) is 114 Å². The number of hydrogen-bond acceptors (Lipinski definition) is 1. The summed E-state index contributed by atoms with van der Waals surface area (Å²) < 4.78 is 6.07. The van der Waals surface area contributed by atoms with Crippen LogP contribution in [-0.4, -0.2) is 0 Å². The Morgan fingerprint density at radius 1 is 0.531 bits per heavy atom. The van der Waals surface area contributed by atoms with E-state index in [0.717, 1.165) is 16.7 Å². The van der Waals surface area contributed by atoms with Gasteiger partial charge in [0.1, 0.15) is 11.2 Å². The third kappa shape index (κ3) is 4.02. The Morgan fingerprint density at radius 3 is 1.94 bits per heavy atom. The minimum atomic E-state index is 0. The highest BCUT2D eigenvalue weighted by Gasteiger charge is 2.11. The second-order valence-corrected chi connectivity index (χ2v) is 7.94. The van der Waals surface area contributed by atoms with E-state index in [2.05, 4.69) is 111 Å². The van der Waals surface area contributed by atoms with Gasteiger partial charge in [0.25, 0.3) is 0 Å². The molecule has 0 unspecified atom stereocenters. The lowest BCUT2D eigenvalue weighted by molar-refractivity contribution is 0.670. The second-order valence-electron chi connectivity index (χ2n) is 7.94. The van der Waals surface area contributed by atoms with Crippen LogP contribution in [0.3, 0.4) is 0 Å². The molecule has 0 atom stereocenters. The number of rotatable bonds is 1. The van der Waals surface area contributed by atoms with Crippen LogP contribution in [0.4, 0.5) is 0 Å². The summed E-state index contributed by atoms with van der Waals surface area (Å²) in [5.74, 6) is 0. The number of fused-ring (bicyclic) bond motifs is 4. The fraction of sp³-hybridized carbons (Fsp3) is 0.0968. The number of benzene rings is 5. The van der Waals surface area contributed by atoms with Crippen molar-refractivity contribution in [3.8, 4) is 11.1 Å². The molecule has 0 amide bonds. The van der Waals surface area contributed by atoms with Gasteiger partial charge in [0.2, 0.25) is 0 Å². The molecule has 5 aromatic carbocycles. The quantitative estimate of drug-likeness (QED) is 0.260. The molecule has 6 aromatic rings. The zero-order valence-electron chi connectivity index (χ0n) is 17.8. The summed E-state index contributed by atoms with van der Waals surface area (Å²) in [7, 11) is 0. The molecule has 158 valence electrons. The maximum absolute atomic E-state index is 6.07. The fourth-order valence-corrected chi connectivity index (χ4v) is 4.09. The molecule has 0 aliphatic rings. The summed E-state index contributed by atoms with van der Waals surface area (Å²) in [4.78, 5) is 0. The molecule has 32 heavy (non-hydrogen) atoms. The first-order valence-electron chi connectivity index (χ1n) is 10.6. The largest absolute Gasteiger partial charge is 0.455 e. The molecule has 0 saturated carbocycles. The van der Waals surface area contributed by atoms with Gasteiger partial charge in [-0.15, -0.1) is 0 Å². The molecule has 0 radical (unpaired) electrons. The summed E-state index contributed by atoms with van der Waals surface area (Å²) in [5, 5.41) is 5.04. The Morgan fingerprint density at radius 2 is 1.16 bits per heavy atom. The van der Waals surface area contributed by atoms with E-state index in [9.17, 15) is 0 Å². The molecular formula is C31H28O. The van der Waals surface area contributed by atoms with E-state index in [1.54, 1.807) is 0 Å². The zero-order valence-corrected chi connectivity index (χ0v) is 17.8. The maximum atomic E-state index is 6.07. The lowest BCUT2D eigenvalue weighted by Gasteiger charge is -2.03. The Hall–Kier alpha value is -3.84. The Labute approximate surface area is 189 Å². The zero-order chi connectivity index (χ0) is 21.2. The highest BCUT2D eigenvalue weighted by molar-refractivity contribution is 6.09. The van der Waals surface area contributed by atoms with Crippen molar-refractivity contribution in [1.29, 1.82) is 0 Å². The van der Waals surface area contributed by atoms with E-state index in [1.165, 1.54) is 38.2 Å². The summed E-state index contributed by atoms with van der Waals surface area (Å²) in [6, 6.07) is 37.9. The van der Waals surface area contributed by atoms with Crippen LogP contribution in [0, 0.1) is 13.8 Å². The third-order valence-corrected chi connectivity index (χ3v) is 5.77. The molecule has 0 N–H and O–H groups in total. The highest BCUT2D eigenvalue weighted by Crippen LogP contribution is 2.35. The first-order valence-corrected chi connectivity index (χ1v) is 10.6. The van der Waals surface area contributed by atoms with Crippen LogP contribution < -0.4 is 0 Å². The fourth-order valence-electron chi connectivity index (χ4n) is 4.09. The molecular weight excluding hydrogens is 388 g/mol. The molecule has 0 bridgehead atoms. The third-order valence-electron chi connectivity index (χ3n) is 5.77. The normalized spacial score (nSPS) is 10.6. The van der Waals surface area contributed by atoms with Gasteiger partial charge in [0.05, 0.1) is 0 Å². The molecule has 6 rings (SSSR count). The van der Waals surface area contributed by atoms with Gasteiger partial charge in [-0.05, 0) is 41.8 Å². The number of para-hydroxylation sites is 2. The molecule has 0 saturated heterocycles. The Balaban J connectivity index is 0.000000174. The Kier molecular flexibility index (Phi) is 6.09. The van der Waals surface area contributed by atoms with Gasteiger partial charge in [0, 0.05) is 16.3 Å². The van der Waals surface area contributed by atoms with Gasteiger partial charge in [-0.2, -0.15) is 0 Å². The lowest BCUT2D eigenvalue weighted by atomic mass is 10.0. The average Bonchev–Trinajstić information content (AvgIpc) is 3.19. The molecule has 0 aliphatic carbocycles. The van der Waals surface area contributed by atoms with Crippen molar-refractivity contribution < 1.29 is 4.42 Å². The van der Waals surface area contributed by atoms with Crippen molar-refractivity contribution >= 4 is 32.7 Å². The lowest BCUT2D eigenvalue weighted by Crippen LogP contribution is -1.79. The van der Waals surface area contributed by atoms with Crippen molar-refractivity contribution in [2.75, 3.05) is 0 Å². The van der Waals surface area contributed by atoms with Gasteiger partial charge in [-0.1, -0.05) is 116 Å². The minimum Gasteiger partial charge on any atom is -0.455 e. The van der Waals surface area contributed by atoms with Gasteiger partial charge in [-0.25, -0.2) is 0 Å². The first-order chi connectivity index (χ1) is 15.2. The summed E-state index contributed by atoms with van der Waals surface area (Å²) in [6.45, 7) is 4.24. The van der Waals surface area contributed by atoms with E-state index in [-0.39, 0.29) is 7.43 Å². The molecule has 0 aliphatic heterocycles. The van der Waals surface area contributed by atoms with Crippen LogP contribution in [0.25, 0.3) is 43.8 Å². The van der Waals surface area contributed by atoms with Gasteiger partial charge < -0.3 is 4.42 Å². The van der Waals surface area contributed by atoms with Crippen molar-refractivity contribution in [3.63, 3.8) is 0 Å². The summed E-state index contributed by atoms with van der Waals surface area (Å²) in [6.07, 6.45) is 0. The monoisotopic (exact) mass is 416 g/mol. The number of aryl methyl sites for hydroxylation is 2. The van der Waals surface area contributed by atoms with Crippen molar-refractivity contribution in [3.05, 3.63) is 120 Å². The van der Waals surface area contributed by atoms with E-state index in [4.69, 9.17) is 4.42 Å². The molecule has 0 spiro atoms. The minimum absolute atomic E-state index is 0. The van der Waals surface area contributed by atoms with Crippen LogP contribution >= 0.6 is 0 Å². The predicted octanol–water partition coefficient (Wildman–Crippen LogP) is 9.35. The highest BCUT2D eigenvalue weighted by atomic mass is 16.3. The predicted molar refractivity (Wildman–Crippen MR) is 139 cm³/mol. The molecule has 1 heteroatoms. The van der Waals surface area contributed by atoms with Crippen molar-refractivity contribution in [1.82, 2.24) is 0 Å². The number of hydrogen-bond donors (Lipinski definition) is 0. The second kappa shape index (κ2) is 9.11. The first kappa shape index (κ1) is 21.4. The standard InChI is InChI=1S/C19H14O.C11H10.CH4/c1-13-9-11-14(12-10-13)15-6-4-7-17-16-5-2-3-8-18(16)20-19(15)17;1-9-5-4-7-10-6-2-3-8-11(9)10;/h2-12H,1H3;2-8H,1H3;1H4. The smallest absolute Gasteiger partial charge is 0.143 e. The van der Waals surface area contributed by atoms with Gasteiger partial charge in [-0.3, -0.25) is 0 Å². The van der Waals surface area contributed by atoms with Crippen LogP contribution in [0.2, 0.25) is 0 Å². The molecule has 1 nitrogen and oxygen atoms in total. The van der Waals surface area contributed by atoms with Crippen LogP contribution in [-0.2, 0) is 0 Å². The van der Waals surface area contributed by atoms with Gasteiger partial charge in [0.15, 0.2) is 0 Å². The van der Waals surface area contributed by atoms with E-state index < -0.39 is 0 Å². The number of furan rings is 1. The van der Waals surface area contributed by atoms with E-state index in [0.29, 0.717) is 0 Å². The topological polar surface area (TPSA) is 13.1 Å². The van der Waals surface area contributed by atoms with Gasteiger partial charge >= 0.3 is 0 Å². The van der Waals surface area contributed by atoms with E-state index >= 15 is 0 Å². The van der Waals surface area contributed by atoms with Crippen molar-refractivity contribution in [2.24, 2.45) is 0 Å². The van der Waals surface area contributed by atoms with Crippen LogP contribution in [0.5, 0.6) is 0 Å². The maximum Gasteiger partial charge on any atom is 0.143 e. The summed E-state index contributed by atoms with van der Waals surface area (Å²) >= 11 is 0. The Bertz CT molecular complexity index is 1480. The van der Waals surface area contributed by atoms with Crippen LogP contribution in [0.1, 0.15) is 18.6 Å². The van der Waals surface area contributed by atoms with Crippen molar-refractivity contribution in [2.45, 2.75) is 21.3 Å². The molecule has 1 aromatic heterocycles. The SMILES string of the molecule is C.Cc1ccc(-c2cccc3c2oc2ccccc23)cc1.Cc1cccc2ccccc12. The van der Waals surface area contributed by atoms with E-state index in [1.807, 2.05) is 12.1 Å². The average molecular weight is 417 g/mol. The summed E-state index contributed by atoms with van der Waals surface area (Å²) in [5.41, 5.74) is 6.88.